The Kier molecular flexibility index (Phi) is 2.26. The van der Waals surface area contributed by atoms with Crippen molar-refractivity contribution in [3.63, 3.8) is 0 Å². The van der Waals surface area contributed by atoms with Gasteiger partial charge in [-0.3, -0.25) is 4.79 Å². The minimum atomic E-state index is -0.0282. The van der Waals surface area contributed by atoms with Crippen molar-refractivity contribution in [2.45, 2.75) is 13.0 Å². The average Bonchev–Trinajstić information content (AvgIpc) is 2.27. The van der Waals surface area contributed by atoms with E-state index < -0.39 is 0 Å². The van der Waals surface area contributed by atoms with Crippen molar-refractivity contribution in [3.8, 4) is 0 Å². The van der Waals surface area contributed by atoms with Gasteiger partial charge in [0.1, 0.15) is 6.33 Å². The number of amides is 1. The van der Waals surface area contributed by atoms with Crippen LogP contribution in [0.5, 0.6) is 0 Å². The fourth-order valence-corrected chi connectivity index (χ4v) is 1.58. The molecule has 0 aromatic carbocycles. The van der Waals surface area contributed by atoms with Crippen LogP contribution in [0.3, 0.4) is 0 Å². The van der Waals surface area contributed by atoms with Crippen LogP contribution in [0.15, 0.2) is 25.2 Å². The fraction of sp³-hybridized carbons (Fsp3) is 0.300. The van der Waals surface area contributed by atoms with Crippen LogP contribution in [0.4, 0.5) is 0 Å². The summed E-state index contributed by atoms with van der Waals surface area (Å²) in [5, 5.41) is 0. The molecule has 1 aromatic heterocycles. The summed E-state index contributed by atoms with van der Waals surface area (Å²) in [5.74, 6) is -0.0282. The van der Waals surface area contributed by atoms with Crippen LogP contribution >= 0.6 is 0 Å². The van der Waals surface area contributed by atoms with E-state index in [1.165, 1.54) is 6.08 Å². The van der Waals surface area contributed by atoms with E-state index in [0.717, 1.165) is 24.2 Å². The molecular formula is C10H11N3O. The molecule has 1 aliphatic rings. The topological polar surface area (TPSA) is 46.1 Å². The maximum absolute atomic E-state index is 11.3. The predicted octanol–water partition coefficient (Wildman–Crippen LogP) is 0.547. The Hall–Kier alpha value is -1.71. The van der Waals surface area contributed by atoms with Gasteiger partial charge in [0, 0.05) is 31.3 Å². The Morgan fingerprint density at radius 1 is 1.64 bits per heavy atom. The maximum atomic E-state index is 11.3. The van der Waals surface area contributed by atoms with E-state index in [2.05, 4.69) is 16.5 Å². The van der Waals surface area contributed by atoms with Crippen molar-refractivity contribution < 1.29 is 4.79 Å². The number of hydrogen-bond donors (Lipinski definition) is 0. The summed E-state index contributed by atoms with van der Waals surface area (Å²) in [5.41, 5.74) is 2.09. The Morgan fingerprint density at radius 3 is 3.29 bits per heavy atom. The Balaban J connectivity index is 2.21. The van der Waals surface area contributed by atoms with Crippen LogP contribution in [-0.4, -0.2) is 27.3 Å². The van der Waals surface area contributed by atoms with Crippen molar-refractivity contribution in [1.82, 2.24) is 14.9 Å². The Morgan fingerprint density at radius 2 is 2.50 bits per heavy atom. The van der Waals surface area contributed by atoms with E-state index in [4.69, 9.17) is 0 Å². The second-order valence-corrected chi connectivity index (χ2v) is 3.21. The first kappa shape index (κ1) is 8.87. The molecule has 0 aliphatic carbocycles. The SMILES string of the molecule is C=CC(=O)N1CCc2ncncc2C1. The zero-order valence-corrected chi connectivity index (χ0v) is 7.81. The quantitative estimate of drug-likeness (QED) is 0.606. The molecule has 0 radical (unpaired) electrons. The first-order valence-corrected chi connectivity index (χ1v) is 4.50. The molecule has 0 N–H and O–H groups in total. The monoisotopic (exact) mass is 189 g/mol. The summed E-state index contributed by atoms with van der Waals surface area (Å²) in [6, 6.07) is 0. The van der Waals surface area contributed by atoms with Crippen molar-refractivity contribution in [2.24, 2.45) is 0 Å². The molecule has 72 valence electrons. The lowest BCUT2D eigenvalue weighted by molar-refractivity contribution is -0.126. The molecule has 0 unspecified atom stereocenters. The number of aromatic nitrogens is 2. The number of fused-ring (bicyclic) bond motifs is 1. The van der Waals surface area contributed by atoms with E-state index >= 15 is 0 Å². The average molecular weight is 189 g/mol. The van der Waals surface area contributed by atoms with Crippen LogP contribution in [0.1, 0.15) is 11.3 Å². The zero-order valence-electron chi connectivity index (χ0n) is 7.81. The van der Waals surface area contributed by atoms with Gasteiger partial charge in [0.25, 0.3) is 0 Å². The molecule has 0 saturated carbocycles. The highest BCUT2D eigenvalue weighted by molar-refractivity contribution is 5.87. The fourth-order valence-electron chi connectivity index (χ4n) is 1.58. The largest absolute Gasteiger partial charge is 0.334 e. The smallest absolute Gasteiger partial charge is 0.246 e. The van der Waals surface area contributed by atoms with Gasteiger partial charge < -0.3 is 4.90 Å². The third kappa shape index (κ3) is 1.51. The summed E-state index contributed by atoms with van der Waals surface area (Å²) in [6.45, 7) is 4.78. The summed E-state index contributed by atoms with van der Waals surface area (Å²) in [7, 11) is 0. The Labute approximate surface area is 82.3 Å². The van der Waals surface area contributed by atoms with Gasteiger partial charge in [0.05, 0.1) is 5.69 Å². The molecular weight excluding hydrogens is 178 g/mol. The predicted molar refractivity (Wildman–Crippen MR) is 51.4 cm³/mol. The maximum Gasteiger partial charge on any atom is 0.246 e. The lowest BCUT2D eigenvalue weighted by Crippen LogP contribution is -2.35. The van der Waals surface area contributed by atoms with Crippen molar-refractivity contribution in [1.29, 1.82) is 0 Å². The molecule has 1 amide bonds. The minimum Gasteiger partial charge on any atom is -0.334 e. The first-order chi connectivity index (χ1) is 6.81. The van der Waals surface area contributed by atoms with Gasteiger partial charge in [-0.05, 0) is 6.08 Å². The number of rotatable bonds is 1. The molecule has 1 aliphatic heterocycles. The normalized spacial score (nSPS) is 14.7. The van der Waals surface area contributed by atoms with Gasteiger partial charge in [-0.2, -0.15) is 0 Å². The number of nitrogens with zero attached hydrogens (tertiary/aromatic N) is 3. The van der Waals surface area contributed by atoms with Gasteiger partial charge in [-0.15, -0.1) is 0 Å². The molecule has 4 heteroatoms. The highest BCUT2D eigenvalue weighted by Gasteiger charge is 2.19. The van der Waals surface area contributed by atoms with E-state index in [1.54, 1.807) is 17.4 Å². The van der Waals surface area contributed by atoms with Crippen molar-refractivity contribution >= 4 is 5.91 Å². The van der Waals surface area contributed by atoms with Gasteiger partial charge >= 0.3 is 0 Å². The van der Waals surface area contributed by atoms with Crippen LogP contribution in [-0.2, 0) is 17.8 Å². The van der Waals surface area contributed by atoms with Crippen LogP contribution in [0.25, 0.3) is 0 Å². The highest BCUT2D eigenvalue weighted by atomic mass is 16.2. The molecule has 0 fully saturated rings. The first-order valence-electron chi connectivity index (χ1n) is 4.50. The van der Waals surface area contributed by atoms with Crippen molar-refractivity contribution in [3.05, 3.63) is 36.4 Å². The standard InChI is InChI=1S/C10H11N3O/c1-2-10(14)13-4-3-9-8(6-13)5-11-7-12-9/h2,5,7H,1,3-4,6H2. The molecule has 2 heterocycles. The second-order valence-electron chi connectivity index (χ2n) is 3.21. The zero-order chi connectivity index (χ0) is 9.97. The molecule has 0 bridgehead atoms. The van der Waals surface area contributed by atoms with E-state index in [1.807, 2.05) is 0 Å². The summed E-state index contributed by atoms with van der Waals surface area (Å²) >= 11 is 0. The number of carbonyl (C=O) groups is 1. The summed E-state index contributed by atoms with van der Waals surface area (Å²) < 4.78 is 0. The molecule has 0 saturated heterocycles. The molecule has 0 spiro atoms. The van der Waals surface area contributed by atoms with E-state index in [0.29, 0.717) is 6.54 Å². The minimum absolute atomic E-state index is 0.0282. The van der Waals surface area contributed by atoms with Gasteiger partial charge in [0.2, 0.25) is 5.91 Å². The van der Waals surface area contributed by atoms with Crippen LogP contribution < -0.4 is 0 Å². The third-order valence-corrected chi connectivity index (χ3v) is 2.35. The molecule has 2 rings (SSSR count). The second kappa shape index (κ2) is 3.57. The van der Waals surface area contributed by atoms with Crippen LogP contribution in [0, 0.1) is 0 Å². The summed E-state index contributed by atoms with van der Waals surface area (Å²) in [4.78, 5) is 21.2. The molecule has 4 nitrogen and oxygen atoms in total. The van der Waals surface area contributed by atoms with E-state index in [9.17, 15) is 4.79 Å². The third-order valence-electron chi connectivity index (χ3n) is 2.35. The molecule has 14 heavy (non-hydrogen) atoms. The lowest BCUT2D eigenvalue weighted by atomic mass is 10.1. The highest BCUT2D eigenvalue weighted by Crippen LogP contribution is 2.15. The van der Waals surface area contributed by atoms with Crippen molar-refractivity contribution in [2.75, 3.05) is 6.54 Å². The van der Waals surface area contributed by atoms with Crippen LogP contribution in [0.2, 0.25) is 0 Å². The molecule has 1 aromatic rings. The van der Waals surface area contributed by atoms with Gasteiger partial charge in [0.15, 0.2) is 0 Å². The number of carbonyl (C=O) groups excluding carboxylic acids is 1. The van der Waals surface area contributed by atoms with Gasteiger partial charge in [-0.25, -0.2) is 9.97 Å². The van der Waals surface area contributed by atoms with E-state index in [-0.39, 0.29) is 5.91 Å². The Bertz CT molecular complexity index is 375. The molecule has 0 atom stereocenters. The summed E-state index contributed by atoms with van der Waals surface area (Å²) in [6.07, 6.45) is 5.46. The lowest BCUT2D eigenvalue weighted by Gasteiger charge is -2.26. The number of hydrogen-bond acceptors (Lipinski definition) is 3. The van der Waals surface area contributed by atoms with Gasteiger partial charge in [-0.1, -0.05) is 6.58 Å².